The van der Waals surface area contributed by atoms with Gasteiger partial charge >= 0.3 is 11.3 Å². The van der Waals surface area contributed by atoms with Crippen LogP contribution < -0.4 is 11.3 Å². The molecule has 25 heavy (non-hydrogen) atoms. The Morgan fingerprint density at radius 2 is 0.720 bits per heavy atom. The zero-order valence-electron chi connectivity index (χ0n) is 16.8. The highest BCUT2D eigenvalue weighted by atomic mass is 16.4. The first-order valence-corrected chi connectivity index (χ1v) is 9.22. The minimum Gasteiger partial charge on any atom is -0.386 e. The maximum atomic E-state index is 11.7. The van der Waals surface area contributed by atoms with Crippen molar-refractivity contribution < 1.29 is 4.42 Å². The number of fused-ring (bicyclic) bond motifs is 3. The minimum atomic E-state index is -0.596. The fourth-order valence-corrected chi connectivity index (χ4v) is 1.99. The van der Waals surface area contributed by atoms with Crippen LogP contribution >= 0.6 is 0 Å². The molecule has 1 heterocycles. The third-order valence-corrected chi connectivity index (χ3v) is 2.77. The second kappa shape index (κ2) is 15.1. The van der Waals surface area contributed by atoms with Crippen LogP contribution in [0.2, 0.25) is 0 Å². The smallest absolute Gasteiger partial charge is 0.346 e. The molecule has 0 bridgehead atoms. The van der Waals surface area contributed by atoms with E-state index in [-0.39, 0.29) is 0 Å². The van der Waals surface area contributed by atoms with Crippen LogP contribution in [0.5, 0.6) is 0 Å². The highest BCUT2D eigenvalue weighted by Gasteiger charge is 2.05. The molecule has 0 saturated heterocycles. The van der Waals surface area contributed by atoms with Crippen molar-refractivity contribution in [3.63, 3.8) is 0 Å². The predicted octanol–water partition coefficient (Wildman–Crippen LogP) is 6.41. The molecule has 138 valence electrons. The van der Waals surface area contributed by atoms with Crippen molar-refractivity contribution in [3.8, 4) is 0 Å². The first kappa shape index (κ1) is 24.8. The molecule has 0 saturated carbocycles. The van der Waals surface area contributed by atoms with Gasteiger partial charge in [0.2, 0.25) is 0 Å². The fourth-order valence-electron chi connectivity index (χ4n) is 1.99. The Bertz CT molecular complexity index is 764. The summed E-state index contributed by atoms with van der Waals surface area (Å²) >= 11 is 0. The van der Waals surface area contributed by atoms with Crippen LogP contribution in [-0.4, -0.2) is 0 Å². The molecule has 1 aromatic heterocycles. The lowest BCUT2D eigenvalue weighted by molar-refractivity contribution is 0.491. The Morgan fingerprint density at radius 3 is 1.00 bits per heavy atom. The van der Waals surface area contributed by atoms with Gasteiger partial charge in [0.05, 0.1) is 10.8 Å². The second-order valence-corrected chi connectivity index (χ2v) is 3.77. The summed E-state index contributed by atoms with van der Waals surface area (Å²) in [4.78, 5) is 23.5. The minimum absolute atomic E-state index is 0.422. The van der Waals surface area contributed by atoms with Crippen LogP contribution in [0.3, 0.4) is 0 Å². The molecule has 2 aromatic carbocycles. The van der Waals surface area contributed by atoms with Crippen molar-refractivity contribution >= 4 is 21.5 Å². The summed E-state index contributed by atoms with van der Waals surface area (Å²) in [5.74, 6) is 0. The van der Waals surface area contributed by atoms with Gasteiger partial charge in [-0.15, -0.1) is 0 Å². The van der Waals surface area contributed by atoms with Crippen LogP contribution in [-0.2, 0) is 0 Å². The zero-order chi connectivity index (χ0) is 19.8. The van der Waals surface area contributed by atoms with Gasteiger partial charge in [0.1, 0.15) is 0 Å². The summed E-state index contributed by atoms with van der Waals surface area (Å²) in [7, 11) is 0. The number of benzene rings is 2. The third kappa shape index (κ3) is 6.54. The van der Waals surface area contributed by atoms with Crippen molar-refractivity contribution in [2.24, 2.45) is 0 Å². The van der Waals surface area contributed by atoms with Crippen LogP contribution in [0.1, 0.15) is 55.4 Å². The molecule has 0 radical (unpaired) electrons. The summed E-state index contributed by atoms with van der Waals surface area (Å²) in [6.07, 6.45) is 0. The standard InChI is InChI=1S/C14H8O3.4C2H6/c15-13-11-7-3-1-5-9(11)10-6-2-4-8-12(10)14(16)17-13;4*1-2/h1-8H;4*1-2H3. The predicted molar refractivity (Wildman–Crippen MR) is 112 cm³/mol. The molecule has 0 fully saturated rings. The van der Waals surface area contributed by atoms with Crippen LogP contribution in [0.4, 0.5) is 0 Å². The van der Waals surface area contributed by atoms with Crippen LogP contribution in [0.25, 0.3) is 21.5 Å². The van der Waals surface area contributed by atoms with Crippen molar-refractivity contribution in [2.45, 2.75) is 55.4 Å². The molecular weight excluding hydrogens is 312 g/mol. The quantitative estimate of drug-likeness (QED) is 0.473. The third-order valence-electron chi connectivity index (χ3n) is 2.77. The summed E-state index contributed by atoms with van der Waals surface area (Å²) in [6, 6.07) is 14.1. The van der Waals surface area contributed by atoms with Crippen molar-refractivity contribution in [1.29, 1.82) is 0 Å². The van der Waals surface area contributed by atoms with Gasteiger partial charge in [-0.1, -0.05) is 91.8 Å². The van der Waals surface area contributed by atoms with Crippen molar-refractivity contribution in [2.75, 3.05) is 0 Å². The van der Waals surface area contributed by atoms with Gasteiger partial charge < -0.3 is 4.42 Å². The summed E-state index contributed by atoms with van der Waals surface area (Å²) in [5, 5.41) is 2.31. The average molecular weight is 344 g/mol. The number of rotatable bonds is 0. The van der Waals surface area contributed by atoms with E-state index in [9.17, 15) is 9.59 Å². The van der Waals surface area contributed by atoms with Gasteiger partial charge in [0.15, 0.2) is 0 Å². The van der Waals surface area contributed by atoms with Crippen LogP contribution in [0, 0.1) is 0 Å². The van der Waals surface area contributed by atoms with Gasteiger partial charge in [0, 0.05) is 0 Å². The number of hydrogen-bond acceptors (Lipinski definition) is 3. The second-order valence-electron chi connectivity index (χ2n) is 3.77. The Hall–Kier alpha value is -2.42. The fraction of sp³-hybridized carbons (Fsp3) is 0.364. The average Bonchev–Trinajstić information content (AvgIpc) is 2.84. The Balaban J connectivity index is 0. The molecule has 0 aliphatic heterocycles. The Morgan fingerprint density at radius 1 is 0.480 bits per heavy atom. The van der Waals surface area contributed by atoms with Gasteiger partial charge in [0.25, 0.3) is 0 Å². The molecule has 3 aromatic rings. The van der Waals surface area contributed by atoms with E-state index in [2.05, 4.69) is 0 Å². The SMILES string of the molecule is CC.CC.CC.CC.O=c1oc(=O)c2ccccc2c2ccccc12. The van der Waals surface area contributed by atoms with Crippen molar-refractivity contribution in [1.82, 2.24) is 0 Å². The lowest BCUT2D eigenvalue weighted by Gasteiger charge is -1.93. The van der Waals surface area contributed by atoms with Gasteiger partial charge in [-0.2, -0.15) is 0 Å². The van der Waals surface area contributed by atoms with E-state index in [1.807, 2.05) is 79.7 Å². The Kier molecular flexibility index (Phi) is 15.0. The van der Waals surface area contributed by atoms with E-state index in [1.54, 1.807) is 24.3 Å². The largest absolute Gasteiger partial charge is 0.386 e. The van der Waals surface area contributed by atoms with Gasteiger partial charge in [-0.25, -0.2) is 9.59 Å². The lowest BCUT2D eigenvalue weighted by atomic mass is 10.1. The summed E-state index contributed by atoms with van der Waals surface area (Å²) < 4.78 is 4.79. The summed E-state index contributed by atoms with van der Waals surface area (Å²) in [5.41, 5.74) is -1.19. The molecule has 0 unspecified atom stereocenters. The molecule has 0 spiro atoms. The van der Waals surface area contributed by atoms with E-state index in [1.165, 1.54) is 0 Å². The molecule has 0 N–H and O–H groups in total. The maximum absolute atomic E-state index is 11.7. The molecule has 3 heteroatoms. The molecule has 0 aliphatic rings. The topological polar surface area (TPSA) is 47.3 Å². The number of hydrogen-bond donors (Lipinski definition) is 0. The molecule has 3 nitrogen and oxygen atoms in total. The van der Waals surface area contributed by atoms with Crippen molar-refractivity contribution in [3.05, 3.63) is 69.4 Å². The normalized spacial score (nSPS) is 8.32. The maximum Gasteiger partial charge on any atom is 0.346 e. The van der Waals surface area contributed by atoms with Gasteiger partial charge in [-0.3, -0.25) is 0 Å². The molecular formula is C22H32O3. The van der Waals surface area contributed by atoms with E-state index < -0.39 is 11.3 Å². The van der Waals surface area contributed by atoms with E-state index in [0.717, 1.165) is 10.8 Å². The van der Waals surface area contributed by atoms with E-state index in [0.29, 0.717) is 10.8 Å². The molecule has 0 amide bonds. The molecule has 0 atom stereocenters. The Labute approximate surface area is 151 Å². The molecule has 3 rings (SSSR count). The summed E-state index contributed by atoms with van der Waals surface area (Å²) in [6.45, 7) is 16.0. The van der Waals surface area contributed by atoms with E-state index >= 15 is 0 Å². The first-order chi connectivity index (χ1) is 12.3. The highest BCUT2D eigenvalue weighted by Crippen LogP contribution is 2.18. The lowest BCUT2D eigenvalue weighted by Crippen LogP contribution is -2.04. The van der Waals surface area contributed by atoms with Crippen LogP contribution in [0.15, 0.2) is 62.5 Å². The highest BCUT2D eigenvalue weighted by molar-refractivity contribution is 6.04. The zero-order valence-corrected chi connectivity index (χ0v) is 16.8. The van der Waals surface area contributed by atoms with E-state index in [4.69, 9.17) is 4.42 Å². The molecule has 0 aliphatic carbocycles. The monoisotopic (exact) mass is 344 g/mol. The first-order valence-electron chi connectivity index (χ1n) is 9.22. The van der Waals surface area contributed by atoms with Gasteiger partial charge in [-0.05, 0) is 22.9 Å².